The van der Waals surface area contributed by atoms with Crippen LogP contribution in [-0.2, 0) is 25.1 Å². The molecule has 0 saturated heterocycles. The highest BCUT2D eigenvalue weighted by Crippen LogP contribution is 2.18. The van der Waals surface area contributed by atoms with Gasteiger partial charge in [0.1, 0.15) is 0 Å². The highest BCUT2D eigenvalue weighted by molar-refractivity contribution is 7.92. The Hall–Kier alpha value is -1.57. The van der Waals surface area contributed by atoms with Gasteiger partial charge in [0.25, 0.3) is 0 Å². The van der Waals surface area contributed by atoms with Crippen molar-refractivity contribution in [2.24, 2.45) is 0 Å². The minimum absolute atomic E-state index is 0.00362. The summed E-state index contributed by atoms with van der Waals surface area (Å²) >= 11 is 0. The molecule has 0 amide bonds. The average molecular weight is 307 g/mol. The van der Waals surface area contributed by atoms with Gasteiger partial charge in [0.15, 0.2) is 20.9 Å². The minimum Gasteiger partial charge on any atom is -0.465 e. The van der Waals surface area contributed by atoms with E-state index in [-0.39, 0.29) is 18.6 Å². The quantitative estimate of drug-likeness (QED) is 0.590. The standard InChI is InChI=1S/C12H15F2NO4S/c1-3-9(12(16)19-4-2)20(17,18)7-8-5-6-15-11(14)10(8)13/h5-6,9H,3-4,7H2,1-2H3. The smallest absolute Gasteiger partial charge is 0.324 e. The summed E-state index contributed by atoms with van der Waals surface area (Å²) in [6, 6.07) is 1.06. The number of nitrogens with zero attached hydrogens (tertiary/aromatic N) is 1. The van der Waals surface area contributed by atoms with Gasteiger partial charge in [0.2, 0.25) is 5.95 Å². The van der Waals surface area contributed by atoms with E-state index in [1.165, 1.54) is 6.92 Å². The van der Waals surface area contributed by atoms with E-state index in [1.54, 1.807) is 6.92 Å². The maximum Gasteiger partial charge on any atom is 0.324 e. The molecule has 1 atom stereocenters. The fraction of sp³-hybridized carbons (Fsp3) is 0.500. The van der Waals surface area contributed by atoms with E-state index in [2.05, 4.69) is 9.72 Å². The maximum atomic E-state index is 13.4. The van der Waals surface area contributed by atoms with Gasteiger partial charge in [0, 0.05) is 11.8 Å². The Kier molecular flexibility index (Phi) is 5.55. The van der Waals surface area contributed by atoms with Gasteiger partial charge >= 0.3 is 5.97 Å². The van der Waals surface area contributed by atoms with Gasteiger partial charge in [-0.2, -0.15) is 4.39 Å². The Bertz CT molecular complexity index is 589. The predicted octanol–water partition coefficient (Wildman–Crippen LogP) is 1.62. The summed E-state index contributed by atoms with van der Waals surface area (Å²) in [6.07, 6.45) is 0.963. The molecule has 1 unspecified atom stereocenters. The number of sulfone groups is 1. The average Bonchev–Trinajstić information content (AvgIpc) is 2.35. The first kappa shape index (κ1) is 16.5. The lowest BCUT2D eigenvalue weighted by Gasteiger charge is -2.14. The molecule has 0 radical (unpaired) electrons. The zero-order valence-electron chi connectivity index (χ0n) is 11.1. The fourth-order valence-corrected chi connectivity index (χ4v) is 3.41. The number of hydrogen-bond donors (Lipinski definition) is 0. The molecule has 0 bridgehead atoms. The van der Waals surface area contributed by atoms with Crippen LogP contribution < -0.4 is 0 Å². The van der Waals surface area contributed by atoms with Crippen LogP contribution in [0, 0.1) is 11.8 Å². The summed E-state index contributed by atoms with van der Waals surface area (Å²) in [5.74, 6) is -4.36. The number of carbonyl (C=O) groups excluding carboxylic acids is 1. The number of esters is 1. The number of aromatic nitrogens is 1. The first-order valence-electron chi connectivity index (χ1n) is 6.00. The van der Waals surface area contributed by atoms with E-state index >= 15 is 0 Å². The lowest BCUT2D eigenvalue weighted by molar-refractivity contribution is -0.142. The molecule has 1 aromatic heterocycles. The molecule has 112 valence electrons. The van der Waals surface area contributed by atoms with Crippen LogP contribution in [-0.4, -0.2) is 31.2 Å². The van der Waals surface area contributed by atoms with Crippen molar-refractivity contribution in [3.8, 4) is 0 Å². The van der Waals surface area contributed by atoms with Gasteiger partial charge < -0.3 is 4.74 Å². The van der Waals surface area contributed by atoms with Gasteiger partial charge in [-0.3, -0.25) is 4.79 Å². The van der Waals surface area contributed by atoms with Crippen LogP contribution in [0.3, 0.4) is 0 Å². The lowest BCUT2D eigenvalue weighted by atomic mass is 10.3. The molecule has 1 aromatic rings. The normalized spacial score (nSPS) is 13.0. The molecule has 0 N–H and O–H groups in total. The van der Waals surface area contributed by atoms with Crippen molar-refractivity contribution >= 4 is 15.8 Å². The molecule has 20 heavy (non-hydrogen) atoms. The van der Waals surface area contributed by atoms with E-state index in [0.29, 0.717) is 0 Å². The molecular formula is C12H15F2NO4S. The first-order chi connectivity index (χ1) is 9.33. The van der Waals surface area contributed by atoms with Crippen LogP contribution in [0.4, 0.5) is 8.78 Å². The van der Waals surface area contributed by atoms with Crippen LogP contribution in [0.25, 0.3) is 0 Å². The van der Waals surface area contributed by atoms with E-state index in [0.717, 1.165) is 12.3 Å². The largest absolute Gasteiger partial charge is 0.465 e. The molecule has 0 saturated carbocycles. The highest BCUT2D eigenvalue weighted by atomic mass is 32.2. The molecular weight excluding hydrogens is 292 g/mol. The second-order valence-corrected chi connectivity index (χ2v) is 6.21. The summed E-state index contributed by atoms with van der Waals surface area (Å²) in [7, 11) is -4.00. The molecule has 0 fully saturated rings. The Labute approximate surface area is 115 Å². The van der Waals surface area contributed by atoms with Crippen molar-refractivity contribution in [1.82, 2.24) is 4.98 Å². The van der Waals surface area contributed by atoms with Crippen molar-refractivity contribution in [3.63, 3.8) is 0 Å². The first-order valence-corrected chi connectivity index (χ1v) is 7.72. The van der Waals surface area contributed by atoms with Gasteiger partial charge in [-0.1, -0.05) is 6.92 Å². The topological polar surface area (TPSA) is 73.3 Å². The van der Waals surface area contributed by atoms with Gasteiger partial charge in [-0.25, -0.2) is 17.8 Å². The monoisotopic (exact) mass is 307 g/mol. The molecule has 0 spiro atoms. The predicted molar refractivity (Wildman–Crippen MR) is 67.5 cm³/mol. The molecule has 0 aliphatic carbocycles. The second kappa shape index (κ2) is 6.74. The van der Waals surface area contributed by atoms with Crippen molar-refractivity contribution < 1.29 is 26.7 Å². The van der Waals surface area contributed by atoms with Gasteiger partial charge in [0.05, 0.1) is 12.4 Å². The van der Waals surface area contributed by atoms with Crippen molar-refractivity contribution in [2.75, 3.05) is 6.61 Å². The number of hydrogen-bond acceptors (Lipinski definition) is 5. The van der Waals surface area contributed by atoms with Crippen molar-refractivity contribution in [1.29, 1.82) is 0 Å². The highest BCUT2D eigenvalue weighted by Gasteiger charge is 2.33. The Balaban J connectivity index is 3.04. The Morgan fingerprint density at radius 2 is 2.05 bits per heavy atom. The van der Waals surface area contributed by atoms with Crippen LogP contribution in [0.1, 0.15) is 25.8 Å². The SMILES string of the molecule is CCOC(=O)C(CC)S(=O)(=O)Cc1ccnc(F)c1F. The van der Waals surface area contributed by atoms with Crippen LogP contribution >= 0.6 is 0 Å². The third-order valence-corrected chi connectivity index (χ3v) is 4.74. The molecule has 0 aliphatic heterocycles. The van der Waals surface area contributed by atoms with E-state index in [9.17, 15) is 22.0 Å². The number of ether oxygens (including phenoxy) is 1. The van der Waals surface area contributed by atoms with E-state index in [4.69, 9.17) is 0 Å². The fourth-order valence-electron chi connectivity index (χ4n) is 1.69. The summed E-state index contributed by atoms with van der Waals surface area (Å²) in [4.78, 5) is 14.7. The number of halogens is 2. The maximum absolute atomic E-state index is 13.4. The zero-order chi connectivity index (χ0) is 15.3. The Morgan fingerprint density at radius 1 is 1.40 bits per heavy atom. The van der Waals surface area contributed by atoms with E-state index in [1.807, 2.05) is 0 Å². The van der Waals surface area contributed by atoms with Gasteiger partial charge in [-0.05, 0) is 19.4 Å². The van der Waals surface area contributed by atoms with Crippen LogP contribution in [0.15, 0.2) is 12.3 Å². The molecule has 1 rings (SSSR count). The lowest BCUT2D eigenvalue weighted by Crippen LogP contribution is -2.32. The van der Waals surface area contributed by atoms with Crippen LogP contribution in [0.5, 0.6) is 0 Å². The second-order valence-electron chi connectivity index (χ2n) is 4.03. The van der Waals surface area contributed by atoms with Crippen molar-refractivity contribution in [3.05, 3.63) is 29.6 Å². The van der Waals surface area contributed by atoms with Crippen molar-refractivity contribution in [2.45, 2.75) is 31.3 Å². The zero-order valence-corrected chi connectivity index (χ0v) is 11.9. The summed E-state index contributed by atoms with van der Waals surface area (Å²) < 4.78 is 55.3. The number of pyridine rings is 1. The molecule has 5 nitrogen and oxygen atoms in total. The molecule has 8 heteroatoms. The third kappa shape index (κ3) is 3.72. The summed E-state index contributed by atoms with van der Waals surface area (Å²) in [5.41, 5.74) is -0.361. The molecule has 0 aliphatic rings. The molecule has 0 aromatic carbocycles. The Morgan fingerprint density at radius 3 is 2.60 bits per heavy atom. The molecule has 1 heterocycles. The van der Waals surface area contributed by atoms with Crippen LogP contribution in [0.2, 0.25) is 0 Å². The number of rotatable bonds is 6. The van der Waals surface area contributed by atoms with Gasteiger partial charge in [-0.15, -0.1) is 0 Å². The van der Waals surface area contributed by atoms with E-state index < -0.39 is 38.6 Å². The summed E-state index contributed by atoms with van der Waals surface area (Å²) in [5, 5.41) is -1.39. The minimum atomic E-state index is -4.00. The number of carbonyl (C=O) groups is 1. The summed E-state index contributed by atoms with van der Waals surface area (Å²) in [6.45, 7) is 3.10. The third-order valence-electron chi connectivity index (χ3n) is 2.64.